The lowest BCUT2D eigenvalue weighted by atomic mass is 9.57. The van der Waals surface area contributed by atoms with Crippen LogP contribution in [0.1, 0.15) is 51.5 Å². The molecule has 0 spiro atoms. The minimum absolute atomic E-state index is 0.327. The average Bonchev–Trinajstić information content (AvgIpc) is 2.38. The Morgan fingerprint density at radius 1 is 1.10 bits per heavy atom. The number of anilines is 1. The monoisotopic (exact) mass is 271 g/mol. The lowest BCUT2D eigenvalue weighted by Gasteiger charge is -2.47. The van der Waals surface area contributed by atoms with Gasteiger partial charge in [-0.25, -0.2) is 0 Å². The van der Waals surface area contributed by atoms with Gasteiger partial charge in [-0.15, -0.1) is 0 Å². The summed E-state index contributed by atoms with van der Waals surface area (Å²) in [7, 11) is 0. The molecule has 1 aromatic carbocycles. The number of carbonyl (C=O) groups excluding carboxylic acids is 1. The summed E-state index contributed by atoms with van der Waals surface area (Å²) >= 11 is 0. The van der Waals surface area contributed by atoms with Gasteiger partial charge in [0.1, 0.15) is 0 Å². The third-order valence-corrected chi connectivity index (χ3v) is 5.42. The van der Waals surface area contributed by atoms with Gasteiger partial charge in [0, 0.05) is 5.69 Å². The van der Waals surface area contributed by atoms with Gasteiger partial charge in [0.05, 0.1) is 0 Å². The van der Waals surface area contributed by atoms with Crippen LogP contribution >= 0.6 is 0 Å². The van der Waals surface area contributed by atoms with Crippen LogP contribution in [0.5, 0.6) is 0 Å². The van der Waals surface area contributed by atoms with Crippen molar-refractivity contribution < 1.29 is 4.79 Å². The molecule has 2 aliphatic rings. The summed E-state index contributed by atoms with van der Waals surface area (Å²) < 4.78 is 0. The predicted molar refractivity (Wildman–Crippen MR) is 82.7 cm³/mol. The molecule has 20 heavy (non-hydrogen) atoms. The summed E-state index contributed by atoms with van der Waals surface area (Å²) in [6.07, 6.45) is 7.67. The Labute approximate surface area is 122 Å². The second-order valence-corrected chi connectivity index (χ2v) is 7.35. The molecule has 2 unspecified atom stereocenters. The first-order valence-corrected chi connectivity index (χ1v) is 7.90. The molecule has 0 aliphatic heterocycles. The lowest BCUT2D eigenvalue weighted by molar-refractivity contribution is -0.105. The quantitative estimate of drug-likeness (QED) is 0.813. The van der Waals surface area contributed by atoms with E-state index in [-0.39, 0.29) is 0 Å². The van der Waals surface area contributed by atoms with Crippen molar-refractivity contribution in [1.82, 2.24) is 0 Å². The normalized spacial score (nSPS) is 36.4. The Morgan fingerprint density at radius 2 is 1.70 bits per heavy atom. The van der Waals surface area contributed by atoms with Crippen LogP contribution in [0.3, 0.4) is 0 Å². The zero-order valence-corrected chi connectivity index (χ0v) is 12.6. The van der Waals surface area contributed by atoms with Crippen molar-refractivity contribution in [3.05, 3.63) is 29.8 Å². The fourth-order valence-corrected chi connectivity index (χ4v) is 4.86. The summed E-state index contributed by atoms with van der Waals surface area (Å²) in [6, 6.07) is 8.47. The highest BCUT2D eigenvalue weighted by Gasteiger charge is 2.41. The predicted octanol–water partition coefficient (Wildman–Crippen LogP) is 4.36. The van der Waals surface area contributed by atoms with Gasteiger partial charge >= 0.3 is 0 Å². The summed E-state index contributed by atoms with van der Waals surface area (Å²) in [5, 5.41) is 2.72. The van der Waals surface area contributed by atoms with E-state index in [0.717, 1.165) is 29.9 Å². The molecule has 1 amide bonds. The minimum atomic E-state index is 0.327. The number of rotatable bonds is 3. The van der Waals surface area contributed by atoms with Gasteiger partial charge < -0.3 is 5.32 Å². The molecule has 2 heteroatoms. The molecule has 1 aromatic rings. The molecule has 2 bridgehead atoms. The summed E-state index contributed by atoms with van der Waals surface area (Å²) in [5.74, 6) is 2.74. The Kier molecular flexibility index (Phi) is 3.57. The average molecular weight is 271 g/mol. The van der Waals surface area contributed by atoms with E-state index in [0.29, 0.717) is 5.41 Å². The smallest absolute Gasteiger partial charge is 0.211 e. The van der Waals surface area contributed by atoms with E-state index in [4.69, 9.17) is 0 Å². The van der Waals surface area contributed by atoms with Crippen LogP contribution in [-0.4, -0.2) is 6.41 Å². The highest BCUT2D eigenvalue weighted by atomic mass is 16.1. The van der Waals surface area contributed by atoms with E-state index >= 15 is 0 Å². The van der Waals surface area contributed by atoms with E-state index in [2.05, 4.69) is 31.3 Å². The Morgan fingerprint density at radius 3 is 2.25 bits per heavy atom. The first-order chi connectivity index (χ1) is 9.59. The van der Waals surface area contributed by atoms with Crippen LogP contribution < -0.4 is 5.32 Å². The van der Waals surface area contributed by atoms with Crippen LogP contribution in [0.4, 0.5) is 5.69 Å². The number of benzene rings is 1. The molecule has 2 fully saturated rings. The molecule has 0 radical (unpaired) electrons. The fraction of sp³-hybridized carbons (Fsp3) is 0.611. The second kappa shape index (κ2) is 5.23. The van der Waals surface area contributed by atoms with Crippen molar-refractivity contribution in [3.63, 3.8) is 0 Å². The maximum Gasteiger partial charge on any atom is 0.211 e. The second-order valence-electron chi connectivity index (χ2n) is 7.35. The van der Waals surface area contributed by atoms with Gasteiger partial charge in [-0.05, 0) is 73.0 Å². The van der Waals surface area contributed by atoms with Crippen molar-refractivity contribution in [3.8, 4) is 0 Å². The van der Waals surface area contributed by atoms with Crippen molar-refractivity contribution in [1.29, 1.82) is 0 Å². The van der Waals surface area contributed by atoms with Crippen LogP contribution in [0.15, 0.2) is 24.3 Å². The number of hydrogen-bond acceptors (Lipinski definition) is 1. The molecule has 108 valence electrons. The zero-order chi connectivity index (χ0) is 14.2. The molecule has 3 rings (SSSR count). The van der Waals surface area contributed by atoms with Crippen LogP contribution in [0.25, 0.3) is 0 Å². The van der Waals surface area contributed by atoms with Crippen LogP contribution in [-0.2, 0) is 10.2 Å². The van der Waals surface area contributed by atoms with E-state index in [9.17, 15) is 4.79 Å². The number of nitrogens with one attached hydrogen (secondary N) is 1. The van der Waals surface area contributed by atoms with Gasteiger partial charge in [0.15, 0.2) is 0 Å². The summed E-state index contributed by atoms with van der Waals surface area (Å²) in [6.45, 7) is 4.85. The number of carbonyl (C=O) groups is 1. The van der Waals surface area contributed by atoms with E-state index in [1.165, 1.54) is 37.7 Å². The van der Waals surface area contributed by atoms with Crippen molar-refractivity contribution >= 4 is 12.1 Å². The number of hydrogen-bond donors (Lipinski definition) is 1. The van der Waals surface area contributed by atoms with Gasteiger partial charge in [-0.2, -0.15) is 0 Å². The maximum atomic E-state index is 10.5. The summed E-state index contributed by atoms with van der Waals surface area (Å²) in [5.41, 5.74) is 2.66. The standard InChI is InChI=1S/C18H25NO/c1-13-7-14-9-15(8-13)11-18(2,10-14)16-3-5-17(6-4-16)19-12-20/h3-6,12-15H,7-11H2,1-2H3,(H,19,20). The van der Waals surface area contributed by atoms with Crippen LogP contribution in [0.2, 0.25) is 0 Å². The van der Waals surface area contributed by atoms with Gasteiger partial charge in [-0.1, -0.05) is 26.0 Å². The molecular formula is C18H25NO. The largest absolute Gasteiger partial charge is 0.329 e. The molecule has 0 aromatic heterocycles. The molecular weight excluding hydrogens is 246 g/mol. The maximum absolute atomic E-state index is 10.5. The Bertz CT molecular complexity index is 461. The van der Waals surface area contributed by atoms with E-state index < -0.39 is 0 Å². The molecule has 2 aliphatic carbocycles. The molecule has 2 atom stereocenters. The zero-order valence-electron chi connectivity index (χ0n) is 12.6. The van der Waals surface area contributed by atoms with Gasteiger partial charge in [0.25, 0.3) is 0 Å². The van der Waals surface area contributed by atoms with Crippen molar-refractivity contribution in [2.45, 2.75) is 51.4 Å². The van der Waals surface area contributed by atoms with E-state index in [1.807, 2.05) is 12.1 Å². The number of fused-ring (bicyclic) bond motifs is 2. The number of amides is 1. The third kappa shape index (κ3) is 2.61. The molecule has 0 saturated heterocycles. The Hall–Kier alpha value is -1.31. The SMILES string of the molecule is CC1CC2CC(C1)CC(C)(c1ccc(NC=O)cc1)C2. The van der Waals surface area contributed by atoms with Gasteiger partial charge in [0.2, 0.25) is 6.41 Å². The van der Waals surface area contributed by atoms with Crippen LogP contribution in [0, 0.1) is 17.8 Å². The Balaban J connectivity index is 1.80. The fourth-order valence-electron chi connectivity index (χ4n) is 4.86. The molecule has 1 N–H and O–H groups in total. The molecule has 2 nitrogen and oxygen atoms in total. The lowest BCUT2D eigenvalue weighted by Crippen LogP contribution is -2.38. The van der Waals surface area contributed by atoms with Gasteiger partial charge in [-0.3, -0.25) is 4.79 Å². The van der Waals surface area contributed by atoms with E-state index in [1.54, 1.807) is 0 Å². The van der Waals surface area contributed by atoms with Crippen molar-refractivity contribution in [2.24, 2.45) is 17.8 Å². The molecule has 0 heterocycles. The first-order valence-electron chi connectivity index (χ1n) is 7.90. The topological polar surface area (TPSA) is 29.1 Å². The third-order valence-electron chi connectivity index (χ3n) is 5.42. The highest BCUT2D eigenvalue weighted by Crippen LogP contribution is 2.51. The van der Waals surface area contributed by atoms with Crippen molar-refractivity contribution in [2.75, 3.05) is 5.32 Å². The first kappa shape index (κ1) is 13.7. The minimum Gasteiger partial charge on any atom is -0.329 e. The summed E-state index contributed by atoms with van der Waals surface area (Å²) in [4.78, 5) is 10.5. The highest BCUT2D eigenvalue weighted by molar-refractivity contribution is 5.71. The molecule has 2 saturated carbocycles.